The molecule has 0 spiro atoms. The second-order valence-electron chi connectivity index (χ2n) is 7.30. The third-order valence-corrected chi connectivity index (χ3v) is 6.66. The van der Waals surface area contributed by atoms with Crippen LogP contribution in [-0.4, -0.2) is 49.8 Å². The van der Waals surface area contributed by atoms with Crippen molar-refractivity contribution >= 4 is 51.5 Å². The molecule has 11 heteroatoms. The van der Waals surface area contributed by atoms with Crippen molar-refractivity contribution in [3.63, 3.8) is 0 Å². The number of carbonyl (C=O) groups excluding carboxylic acids is 2. The summed E-state index contributed by atoms with van der Waals surface area (Å²) in [6.07, 6.45) is 1.14. The van der Waals surface area contributed by atoms with E-state index < -0.39 is 0 Å². The zero-order valence-electron chi connectivity index (χ0n) is 16.7. The minimum absolute atomic E-state index is 0.0920. The highest BCUT2D eigenvalue weighted by Gasteiger charge is 2.31. The molecule has 0 aliphatic carbocycles. The number of hydrogen-bond acceptors (Lipinski definition) is 6. The van der Waals surface area contributed by atoms with Crippen LogP contribution < -0.4 is 5.32 Å². The van der Waals surface area contributed by atoms with Gasteiger partial charge < -0.3 is 10.2 Å². The molecule has 0 saturated carbocycles. The lowest BCUT2D eigenvalue weighted by molar-refractivity contribution is -0.121. The zero-order chi connectivity index (χ0) is 22.0. The summed E-state index contributed by atoms with van der Waals surface area (Å²) in [5, 5.41) is 16.2. The average Bonchev–Trinajstić information content (AvgIpc) is 3.37. The van der Waals surface area contributed by atoms with Crippen molar-refractivity contribution in [2.45, 2.75) is 26.3 Å². The molecule has 1 N–H and O–H groups in total. The highest BCUT2D eigenvalue weighted by Crippen LogP contribution is 2.27. The summed E-state index contributed by atoms with van der Waals surface area (Å²) in [6, 6.07) is 7.45. The number of hydrogen-bond donors (Lipinski definition) is 1. The van der Waals surface area contributed by atoms with Crippen molar-refractivity contribution in [2.24, 2.45) is 5.92 Å². The van der Waals surface area contributed by atoms with Gasteiger partial charge in [0, 0.05) is 24.0 Å². The Kier molecular flexibility index (Phi) is 6.54. The smallest absolute Gasteiger partial charge is 0.258 e. The summed E-state index contributed by atoms with van der Waals surface area (Å²) in [6.45, 7) is 3.09. The number of amides is 2. The number of rotatable bonds is 5. The van der Waals surface area contributed by atoms with E-state index in [1.54, 1.807) is 28.1 Å². The van der Waals surface area contributed by atoms with Gasteiger partial charge in [-0.05, 0) is 31.4 Å². The summed E-state index contributed by atoms with van der Waals surface area (Å²) in [7, 11) is 0. The highest BCUT2D eigenvalue weighted by molar-refractivity contribution is 7.13. The van der Waals surface area contributed by atoms with E-state index in [0.717, 1.165) is 5.56 Å². The fourth-order valence-corrected chi connectivity index (χ4v) is 4.59. The maximum Gasteiger partial charge on any atom is 0.258 e. The summed E-state index contributed by atoms with van der Waals surface area (Å²) >= 11 is 14.1. The van der Waals surface area contributed by atoms with Gasteiger partial charge in [0.05, 0.1) is 17.8 Å². The van der Waals surface area contributed by atoms with Gasteiger partial charge in [-0.3, -0.25) is 9.59 Å². The van der Waals surface area contributed by atoms with Gasteiger partial charge in [-0.1, -0.05) is 52.7 Å². The minimum Gasteiger partial charge on any atom is -0.338 e. The molecule has 31 heavy (non-hydrogen) atoms. The van der Waals surface area contributed by atoms with E-state index in [-0.39, 0.29) is 17.7 Å². The van der Waals surface area contributed by atoms with E-state index in [1.807, 2.05) is 18.2 Å². The first-order valence-corrected chi connectivity index (χ1v) is 11.4. The van der Waals surface area contributed by atoms with Gasteiger partial charge in [0.15, 0.2) is 0 Å². The van der Waals surface area contributed by atoms with Gasteiger partial charge in [-0.15, -0.1) is 10.2 Å². The molecule has 1 saturated heterocycles. The lowest BCUT2D eigenvalue weighted by atomic mass is 9.95. The first-order chi connectivity index (χ1) is 14.9. The van der Waals surface area contributed by atoms with Crippen LogP contribution in [0.1, 0.15) is 34.5 Å². The first-order valence-electron chi connectivity index (χ1n) is 9.76. The largest absolute Gasteiger partial charge is 0.338 e. The molecule has 2 aromatic heterocycles. The Hall–Kier alpha value is -2.49. The number of carbonyl (C=O) groups is 2. The van der Waals surface area contributed by atoms with E-state index >= 15 is 0 Å². The fraction of sp³-hybridized carbons (Fsp3) is 0.350. The first kappa shape index (κ1) is 21.7. The van der Waals surface area contributed by atoms with Crippen LogP contribution in [0.3, 0.4) is 0 Å². The molecule has 3 heterocycles. The number of benzene rings is 1. The second-order valence-corrected chi connectivity index (χ2v) is 8.90. The van der Waals surface area contributed by atoms with Crippen molar-refractivity contribution in [2.75, 3.05) is 18.4 Å². The molecule has 4 rings (SSSR count). The number of nitrogens with one attached hydrogen (secondary N) is 1. The third-order valence-electron chi connectivity index (χ3n) is 5.30. The van der Waals surface area contributed by atoms with Gasteiger partial charge >= 0.3 is 0 Å². The van der Waals surface area contributed by atoms with Crippen LogP contribution in [-0.2, 0) is 11.3 Å². The molecule has 3 aromatic rings. The lowest BCUT2D eigenvalue weighted by Gasteiger charge is -2.31. The average molecular weight is 479 g/mol. The van der Waals surface area contributed by atoms with Gasteiger partial charge in [0.2, 0.25) is 11.0 Å². The predicted octanol–water partition coefficient (Wildman–Crippen LogP) is 3.89. The SMILES string of the molecule is Cc1nn(Cc2ccccc2Cl)c(Cl)c1C(=O)N1CCC(C(=O)Nc2nncs2)CC1. The number of anilines is 1. The Morgan fingerprint density at radius 2 is 1.97 bits per heavy atom. The molecule has 1 aromatic carbocycles. The maximum absolute atomic E-state index is 13.2. The van der Waals surface area contributed by atoms with E-state index in [4.69, 9.17) is 23.2 Å². The fourth-order valence-electron chi connectivity index (χ4n) is 3.63. The summed E-state index contributed by atoms with van der Waals surface area (Å²) in [5.74, 6) is -0.436. The van der Waals surface area contributed by atoms with Crippen molar-refractivity contribution in [1.29, 1.82) is 0 Å². The van der Waals surface area contributed by atoms with E-state index in [2.05, 4.69) is 20.6 Å². The Balaban J connectivity index is 1.41. The van der Waals surface area contributed by atoms with Crippen molar-refractivity contribution < 1.29 is 9.59 Å². The summed E-state index contributed by atoms with van der Waals surface area (Å²) in [4.78, 5) is 27.3. The maximum atomic E-state index is 13.2. The van der Waals surface area contributed by atoms with E-state index in [9.17, 15) is 9.59 Å². The molecule has 8 nitrogen and oxygen atoms in total. The lowest BCUT2D eigenvalue weighted by Crippen LogP contribution is -2.41. The monoisotopic (exact) mass is 478 g/mol. The van der Waals surface area contributed by atoms with Gasteiger partial charge in [-0.2, -0.15) is 5.10 Å². The molecule has 1 aliphatic heterocycles. The second kappa shape index (κ2) is 9.33. The number of aromatic nitrogens is 4. The number of nitrogens with zero attached hydrogens (tertiary/aromatic N) is 5. The molecule has 162 valence electrons. The van der Waals surface area contributed by atoms with Crippen LogP contribution in [0.5, 0.6) is 0 Å². The van der Waals surface area contributed by atoms with Crippen LogP contribution >= 0.6 is 34.5 Å². The zero-order valence-corrected chi connectivity index (χ0v) is 19.0. The molecule has 0 bridgehead atoms. The molecule has 1 aliphatic rings. The molecular formula is C20H20Cl2N6O2S. The predicted molar refractivity (Wildman–Crippen MR) is 120 cm³/mol. The van der Waals surface area contributed by atoms with Crippen molar-refractivity contribution in [1.82, 2.24) is 24.9 Å². The number of halogens is 2. The standard InChI is InChI=1S/C20H20Cl2N6O2S/c1-12-16(17(22)28(26-12)10-14-4-2-3-5-15(14)21)19(30)27-8-6-13(7-9-27)18(29)24-20-25-23-11-31-20/h2-5,11,13H,6-10H2,1H3,(H,24,25,29). The quantitative estimate of drug-likeness (QED) is 0.600. The van der Waals surface area contributed by atoms with Crippen molar-refractivity contribution in [3.05, 3.63) is 56.8 Å². The van der Waals surface area contributed by atoms with Crippen molar-refractivity contribution in [3.8, 4) is 0 Å². The number of aryl methyl sites for hydroxylation is 1. The van der Waals surface area contributed by atoms with E-state index in [1.165, 1.54) is 11.3 Å². The molecule has 0 atom stereocenters. The van der Waals surface area contributed by atoms with Crippen LogP contribution in [0.15, 0.2) is 29.8 Å². The Labute approximate surface area is 193 Å². The Bertz CT molecular complexity index is 1090. The third kappa shape index (κ3) is 4.73. The Morgan fingerprint density at radius 3 is 2.65 bits per heavy atom. The normalized spacial score (nSPS) is 14.6. The van der Waals surface area contributed by atoms with E-state index in [0.29, 0.717) is 59.0 Å². The van der Waals surface area contributed by atoms with Crippen LogP contribution in [0.2, 0.25) is 10.2 Å². The topological polar surface area (TPSA) is 93.0 Å². The number of piperidine rings is 1. The molecule has 0 unspecified atom stereocenters. The van der Waals surface area contributed by atoms with Crippen LogP contribution in [0.4, 0.5) is 5.13 Å². The van der Waals surface area contributed by atoms with Gasteiger partial charge in [0.25, 0.3) is 5.91 Å². The molecular weight excluding hydrogens is 459 g/mol. The summed E-state index contributed by atoms with van der Waals surface area (Å²) < 4.78 is 1.59. The van der Waals surface area contributed by atoms with Gasteiger partial charge in [0.1, 0.15) is 10.7 Å². The van der Waals surface area contributed by atoms with Gasteiger partial charge in [-0.25, -0.2) is 4.68 Å². The molecule has 1 fully saturated rings. The minimum atomic E-state index is -0.174. The molecule has 2 amide bonds. The van der Waals surface area contributed by atoms with Crippen LogP contribution in [0, 0.1) is 12.8 Å². The Morgan fingerprint density at radius 1 is 1.23 bits per heavy atom. The van der Waals surface area contributed by atoms with Crippen LogP contribution in [0.25, 0.3) is 0 Å². The summed E-state index contributed by atoms with van der Waals surface area (Å²) in [5.41, 5.74) is 3.40. The highest BCUT2D eigenvalue weighted by atomic mass is 35.5. The molecule has 0 radical (unpaired) electrons. The number of likely N-dealkylation sites (tertiary alicyclic amines) is 1.